The van der Waals surface area contributed by atoms with E-state index in [9.17, 15) is 13.2 Å². The topological polar surface area (TPSA) is 100 Å². The maximum Gasteiger partial charge on any atom is 0.401 e. The summed E-state index contributed by atoms with van der Waals surface area (Å²) >= 11 is 0. The molecule has 12 heteroatoms. The molecule has 3 aliphatic rings. The Balaban J connectivity index is 1.33. The van der Waals surface area contributed by atoms with E-state index in [1.165, 1.54) is 4.90 Å². The summed E-state index contributed by atoms with van der Waals surface area (Å²) < 4.78 is 44.4. The highest BCUT2D eigenvalue weighted by molar-refractivity contribution is 5.77. The van der Waals surface area contributed by atoms with Crippen molar-refractivity contribution in [2.24, 2.45) is 0 Å². The molecule has 3 aromatic heterocycles. The molecule has 0 aromatic carbocycles. The molecule has 0 spiro atoms. The fraction of sp³-hybridized carbons (Fsp3) is 0.440. The molecule has 0 bridgehead atoms. The number of anilines is 3. The predicted octanol–water partition coefficient (Wildman–Crippen LogP) is 3.36. The van der Waals surface area contributed by atoms with Crippen molar-refractivity contribution in [3.63, 3.8) is 0 Å². The van der Waals surface area contributed by atoms with Crippen LogP contribution in [0.25, 0.3) is 11.3 Å². The second-order valence-electron chi connectivity index (χ2n) is 9.53. The zero-order valence-electron chi connectivity index (χ0n) is 20.4. The Hall–Kier alpha value is -3.51. The maximum atomic E-state index is 12.9. The van der Waals surface area contributed by atoms with E-state index < -0.39 is 12.7 Å². The number of ether oxygens (including phenoxy) is 1. The third-order valence-electron chi connectivity index (χ3n) is 6.92. The van der Waals surface area contributed by atoms with Gasteiger partial charge in [-0.3, -0.25) is 9.88 Å². The van der Waals surface area contributed by atoms with Gasteiger partial charge < -0.3 is 20.7 Å². The number of hydrogen-bond donors (Lipinski definition) is 3. The van der Waals surface area contributed by atoms with Crippen LogP contribution in [0.2, 0.25) is 0 Å². The van der Waals surface area contributed by atoms with Gasteiger partial charge in [0.15, 0.2) is 0 Å². The van der Waals surface area contributed by atoms with E-state index >= 15 is 0 Å². The van der Waals surface area contributed by atoms with Crippen molar-refractivity contribution in [2.45, 2.75) is 39.0 Å². The van der Waals surface area contributed by atoms with Gasteiger partial charge in [0.1, 0.15) is 12.3 Å². The van der Waals surface area contributed by atoms with Crippen LogP contribution in [0.5, 0.6) is 5.88 Å². The van der Waals surface area contributed by atoms with E-state index in [0.717, 1.165) is 58.0 Å². The summed E-state index contributed by atoms with van der Waals surface area (Å²) in [5.74, 6) is 0.999. The Morgan fingerprint density at radius 2 is 2.00 bits per heavy atom. The lowest BCUT2D eigenvalue weighted by atomic mass is 9.97. The molecule has 3 N–H and O–H groups in total. The van der Waals surface area contributed by atoms with Gasteiger partial charge in [-0.2, -0.15) is 13.2 Å². The smallest absolute Gasteiger partial charge is 0.401 e. The van der Waals surface area contributed by atoms with Gasteiger partial charge in [-0.15, -0.1) is 0 Å². The van der Waals surface area contributed by atoms with Crippen LogP contribution in [0.15, 0.2) is 18.5 Å². The van der Waals surface area contributed by atoms with E-state index in [1.807, 2.05) is 13.0 Å². The number of fused-ring (bicyclic) bond motifs is 3. The second-order valence-corrected chi connectivity index (χ2v) is 9.53. The van der Waals surface area contributed by atoms with Crippen molar-refractivity contribution >= 4 is 17.3 Å². The summed E-state index contributed by atoms with van der Waals surface area (Å²) in [6.07, 6.45) is 0.533. The number of alkyl halides is 3. The Morgan fingerprint density at radius 3 is 2.86 bits per heavy atom. The highest BCUT2D eigenvalue weighted by Gasteiger charge is 2.32. The minimum atomic E-state index is -4.23. The molecule has 3 aliphatic heterocycles. The second kappa shape index (κ2) is 9.42. The summed E-state index contributed by atoms with van der Waals surface area (Å²) in [6, 6.07) is 1.85. The summed E-state index contributed by atoms with van der Waals surface area (Å²) in [6.45, 7) is 4.37. The predicted molar refractivity (Wildman–Crippen MR) is 132 cm³/mol. The van der Waals surface area contributed by atoms with Crippen LogP contribution in [-0.2, 0) is 25.9 Å². The van der Waals surface area contributed by atoms with Crippen molar-refractivity contribution in [1.29, 1.82) is 0 Å². The standard InChI is InChI=1S/C25H27F3N8O/c1-14-18(10-32-23-21(14)30-5-7-37-23)22-17-2-4-29-11-20(17)34-24(35-22)33-16-8-15-12-36(13-25(26,27)28)6-3-19(15)31-9-16/h8-10,29-30H,2-7,11-13H2,1H3,(H,33,34,35). The lowest BCUT2D eigenvalue weighted by molar-refractivity contribution is -0.147. The van der Waals surface area contributed by atoms with Crippen LogP contribution in [0.3, 0.4) is 0 Å². The molecule has 0 radical (unpaired) electrons. The molecular weight excluding hydrogens is 485 g/mol. The molecule has 0 fully saturated rings. The number of hydrogen-bond acceptors (Lipinski definition) is 9. The molecule has 0 saturated heterocycles. The first-order chi connectivity index (χ1) is 17.8. The molecule has 3 aromatic rings. The Kier molecular flexibility index (Phi) is 6.07. The highest BCUT2D eigenvalue weighted by atomic mass is 19.4. The minimum absolute atomic E-state index is 0.201. The third-order valence-corrected chi connectivity index (χ3v) is 6.92. The fourth-order valence-electron chi connectivity index (χ4n) is 5.17. The van der Waals surface area contributed by atoms with Gasteiger partial charge in [-0.05, 0) is 37.1 Å². The van der Waals surface area contributed by atoms with Crippen LogP contribution in [0.1, 0.15) is 28.1 Å². The number of aromatic nitrogens is 4. The van der Waals surface area contributed by atoms with Crippen molar-refractivity contribution < 1.29 is 17.9 Å². The van der Waals surface area contributed by atoms with E-state index in [1.54, 1.807) is 12.4 Å². The summed E-state index contributed by atoms with van der Waals surface area (Å²) in [4.78, 5) is 20.1. The fourth-order valence-corrected chi connectivity index (χ4v) is 5.17. The minimum Gasteiger partial charge on any atom is -0.474 e. The molecule has 0 amide bonds. The summed E-state index contributed by atoms with van der Waals surface area (Å²) in [5, 5.41) is 9.99. The number of nitrogens with zero attached hydrogens (tertiary/aromatic N) is 5. The van der Waals surface area contributed by atoms with Crippen molar-refractivity contribution in [3.8, 4) is 17.1 Å². The van der Waals surface area contributed by atoms with Gasteiger partial charge in [0.05, 0.1) is 29.8 Å². The molecule has 0 unspecified atom stereocenters. The Bertz CT molecular complexity index is 1350. The molecule has 0 atom stereocenters. The quantitative estimate of drug-likeness (QED) is 0.486. The van der Waals surface area contributed by atoms with Crippen LogP contribution in [0.4, 0.5) is 30.5 Å². The normalized spacial score (nSPS) is 17.2. The zero-order valence-corrected chi connectivity index (χ0v) is 20.4. The van der Waals surface area contributed by atoms with Crippen LogP contribution < -0.4 is 20.7 Å². The average Bonchev–Trinajstić information content (AvgIpc) is 2.88. The number of rotatable bonds is 4. The summed E-state index contributed by atoms with van der Waals surface area (Å²) in [5.41, 5.74) is 7.84. The molecule has 0 saturated carbocycles. The van der Waals surface area contributed by atoms with E-state index in [0.29, 0.717) is 50.2 Å². The number of halogens is 3. The molecule has 6 rings (SSSR count). The van der Waals surface area contributed by atoms with Gasteiger partial charge in [-0.25, -0.2) is 15.0 Å². The molecule has 0 aliphatic carbocycles. The van der Waals surface area contributed by atoms with Gasteiger partial charge in [-0.1, -0.05) is 0 Å². The zero-order chi connectivity index (χ0) is 25.6. The SMILES string of the molecule is Cc1c(-c2nc(Nc3cnc4c(c3)CN(CC(F)(F)F)CC4)nc3c2CCNC3)cnc2c1NCCO2. The van der Waals surface area contributed by atoms with Gasteiger partial charge in [0.25, 0.3) is 0 Å². The van der Waals surface area contributed by atoms with Crippen molar-refractivity contribution in [1.82, 2.24) is 30.2 Å². The Labute approximate surface area is 211 Å². The van der Waals surface area contributed by atoms with Gasteiger partial charge in [0.2, 0.25) is 11.8 Å². The van der Waals surface area contributed by atoms with Crippen molar-refractivity contribution in [2.75, 3.05) is 43.4 Å². The molecule has 194 valence electrons. The summed E-state index contributed by atoms with van der Waals surface area (Å²) in [7, 11) is 0. The van der Waals surface area contributed by atoms with E-state index in [-0.39, 0.29) is 6.54 Å². The average molecular weight is 513 g/mol. The third kappa shape index (κ3) is 4.90. The maximum absolute atomic E-state index is 12.9. The molecule has 6 heterocycles. The molecular formula is C25H27F3N8O. The van der Waals surface area contributed by atoms with Gasteiger partial charge in [0, 0.05) is 55.6 Å². The number of nitrogens with one attached hydrogen (secondary N) is 3. The lowest BCUT2D eigenvalue weighted by Gasteiger charge is -2.29. The van der Waals surface area contributed by atoms with Crippen LogP contribution in [-0.4, -0.2) is 63.8 Å². The van der Waals surface area contributed by atoms with Crippen LogP contribution >= 0.6 is 0 Å². The van der Waals surface area contributed by atoms with Crippen molar-refractivity contribution in [3.05, 3.63) is 46.5 Å². The first-order valence-corrected chi connectivity index (χ1v) is 12.3. The molecule has 9 nitrogen and oxygen atoms in total. The van der Waals surface area contributed by atoms with E-state index in [2.05, 4.69) is 25.9 Å². The monoisotopic (exact) mass is 512 g/mol. The Morgan fingerprint density at radius 1 is 1.11 bits per heavy atom. The van der Waals surface area contributed by atoms with E-state index in [4.69, 9.17) is 14.7 Å². The van der Waals surface area contributed by atoms with Crippen LogP contribution in [0, 0.1) is 6.92 Å². The highest BCUT2D eigenvalue weighted by Crippen LogP contribution is 2.37. The largest absolute Gasteiger partial charge is 0.474 e. The number of pyridine rings is 2. The first-order valence-electron chi connectivity index (χ1n) is 12.3. The lowest BCUT2D eigenvalue weighted by Crippen LogP contribution is -2.38. The molecule has 37 heavy (non-hydrogen) atoms. The van der Waals surface area contributed by atoms with Gasteiger partial charge >= 0.3 is 6.18 Å². The first kappa shape index (κ1) is 23.9.